The van der Waals surface area contributed by atoms with E-state index < -0.39 is 6.03 Å². The van der Waals surface area contributed by atoms with Gasteiger partial charge in [-0.3, -0.25) is 4.79 Å². The minimum atomic E-state index is -0.592. The summed E-state index contributed by atoms with van der Waals surface area (Å²) in [4.78, 5) is 22.3. The molecule has 0 aliphatic carbocycles. The second kappa shape index (κ2) is 7.19. The van der Waals surface area contributed by atoms with Gasteiger partial charge in [0.25, 0.3) is 0 Å². The van der Waals surface area contributed by atoms with Gasteiger partial charge in [0, 0.05) is 17.0 Å². The van der Waals surface area contributed by atoms with Crippen molar-refractivity contribution in [1.29, 1.82) is 0 Å². The summed E-state index contributed by atoms with van der Waals surface area (Å²) in [5.74, 6) is 0.467. The van der Waals surface area contributed by atoms with E-state index in [-0.39, 0.29) is 10.7 Å². The molecule has 0 heterocycles. The van der Waals surface area contributed by atoms with Crippen LogP contribution in [-0.4, -0.2) is 22.4 Å². The summed E-state index contributed by atoms with van der Waals surface area (Å²) < 4.78 is 0.0828. The van der Waals surface area contributed by atoms with E-state index in [1.54, 1.807) is 23.9 Å². The molecule has 20 heavy (non-hydrogen) atoms. The van der Waals surface area contributed by atoms with E-state index in [2.05, 4.69) is 31.4 Å². The van der Waals surface area contributed by atoms with E-state index in [0.717, 1.165) is 5.56 Å². The molecule has 4 N–H and O–H groups in total. The molecule has 0 fully saturated rings. The molecule has 5 nitrogen and oxygen atoms in total. The quantitative estimate of drug-likeness (QED) is 0.779. The van der Waals surface area contributed by atoms with Gasteiger partial charge in [0.1, 0.15) is 0 Å². The monoisotopic (exact) mass is 295 g/mol. The first-order chi connectivity index (χ1) is 9.26. The number of amides is 3. The van der Waals surface area contributed by atoms with Gasteiger partial charge >= 0.3 is 6.03 Å². The molecule has 0 bridgehead atoms. The lowest BCUT2D eigenvalue weighted by Crippen LogP contribution is -2.26. The van der Waals surface area contributed by atoms with Gasteiger partial charge in [-0.2, -0.15) is 0 Å². The number of hydrogen-bond donors (Lipinski definition) is 3. The van der Waals surface area contributed by atoms with Crippen molar-refractivity contribution < 1.29 is 9.59 Å². The number of primary amides is 1. The summed E-state index contributed by atoms with van der Waals surface area (Å²) in [5, 5.41) is 5.34. The Morgan fingerprint density at radius 2 is 1.80 bits per heavy atom. The fourth-order valence-electron chi connectivity index (χ4n) is 1.38. The fraction of sp³-hybridized carbons (Fsp3) is 0.429. The van der Waals surface area contributed by atoms with Crippen molar-refractivity contribution in [3.05, 3.63) is 29.8 Å². The number of rotatable bonds is 5. The van der Waals surface area contributed by atoms with Gasteiger partial charge in [-0.25, -0.2) is 4.79 Å². The number of urea groups is 1. The number of benzene rings is 1. The van der Waals surface area contributed by atoms with Crippen molar-refractivity contribution in [2.24, 2.45) is 5.73 Å². The highest BCUT2D eigenvalue weighted by Gasteiger charge is 2.13. The Hall–Kier alpha value is -1.69. The van der Waals surface area contributed by atoms with Gasteiger partial charge in [-0.05, 0) is 17.7 Å². The number of nitrogens with two attached hydrogens (primary N) is 1. The van der Waals surface area contributed by atoms with Gasteiger partial charge in [0.15, 0.2) is 0 Å². The van der Waals surface area contributed by atoms with Crippen LogP contribution in [0.15, 0.2) is 24.3 Å². The molecule has 1 aromatic rings. The Morgan fingerprint density at radius 3 is 2.30 bits per heavy atom. The van der Waals surface area contributed by atoms with Gasteiger partial charge < -0.3 is 16.4 Å². The van der Waals surface area contributed by atoms with Crippen molar-refractivity contribution in [3.8, 4) is 0 Å². The van der Waals surface area contributed by atoms with Crippen molar-refractivity contribution in [2.45, 2.75) is 32.1 Å². The Bertz CT molecular complexity index is 466. The van der Waals surface area contributed by atoms with Crippen molar-refractivity contribution >= 4 is 29.4 Å². The largest absolute Gasteiger partial charge is 0.351 e. The Morgan fingerprint density at radius 1 is 1.20 bits per heavy atom. The van der Waals surface area contributed by atoms with E-state index in [1.165, 1.54) is 0 Å². The summed E-state index contributed by atoms with van der Waals surface area (Å²) in [7, 11) is 0. The van der Waals surface area contributed by atoms with Crippen molar-refractivity contribution in [2.75, 3.05) is 11.1 Å². The summed E-state index contributed by atoms with van der Waals surface area (Å²) >= 11 is 1.61. The molecule has 0 unspecified atom stereocenters. The number of carbonyl (C=O) groups excluding carboxylic acids is 2. The zero-order chi connectivity index (χ0) is 15.2. The second-order valence-corrected chi connectivity index (χ2v) is 7.17. The molecule has 1 aromatic carbocycles. The number of carbonyl (C=O) groups is 2. The normalized spacial score (nSPS) is 10.9. The molecule has 0 saturated heterocycles. The average molecular weight is 295 g/mol. The summed E-state index contributed by atoms with van der Waals surface area (Å²) in [6, 6.07) is 6.57. The molecule has 0 atom stereocenters. The first kappa shape index (κ1) is 16.4. The third-order valence-electron chi connectivity index (χ3n) is 2.35. The van der Waals surface area contributed by atoms with Gasteiger partial charge in [0.2, 0.25) is 5.91 Å². The van der Waals surface area contributed by atoms with E-state index in [1.807, 2.05) is 12.1 Å². The van der Waals surface area contributed by atoms with Crippen LogP contribution in [0.1, 0.15) is 26.3 Å². The van der Waals surface area contributed by atoms with Crippen LogP contribution in [0.5, 0.6) is 0 Å². The average Bonchev–Trinajstić information content (AvgIpc) is 2.34. The van der Waals surface area contributed by atoms with Crippen LogP contribution in [0.25, 0.3) is 0 Å². The highest BCUT2D eigenvalue weighted by atomic mass is 32.2. The molecule has 0 aromatic heterocycles. The van der Waals surface area contributed by atoms with Crippen LogP contribution >= 0.6 is 11.8 Å². The number of anilines is 1. The number of hydrogen-bond acceptors (Lipinski definition) is 3. The summed E-state index contributed by atoms with van der Waals surface area (Å²) in [6.07, 6.45) is 0. The number of thioether (sulfide) groups is 1. The van der Waals surface area contributed by atoms with Crippen LogP contribution < -0.4 is 16.4 Å². The van der Waals surface area contributed by atoms with Crippen LogP contribution in [0, 0.1) is 0 Å². The zero-order valence-corrected chi connectivity index (χ0v) is 12.8. The molecule has 1 rings (SSSR count). The molecule has 0 aliphatic heterocycles. The van der Waals surface area contributed by atoms with Gasteiger partial charge in [-0.1, -0.05) is 32.9 Å². The van der Waals surface area contributed by atoms with E-state index in [9.17, 15) is 9.59 Å². The molecule has 110 valence electrons. The van der Waals surface area contributed by atoms with E-state index >= 15 is 0 Å². The Labute approximate surface area is 123 Å². The maximum absolute atomic E-state index is 11.7. The minimum Gasteiger partial charge on any atom is -0.351 e. The zero-order valence-electron chi connectivity index (χ0n) is 12.0. The lowest BCUT2D eigenvalue weighted by atomic mass is 10.2. The van der Waals surface area contributed by atoms with Crippen LogP contribution in [0.3, 0.4) is 0 Å². The first-order valence-electron chi connectivity index (χ1n) is 6.32. The maximum Gasteiger partial charge on any atom is 0.316 e. The van der Waals surface area contributed by atoms with E-state index in [0.29, 0.717) is 18.0 Å². The molecule has 0 spiro atoms. The summed E-state index contributed by atoms with van der Waals surface area (Å²) in [6.45, 7) is 6.71. The van der Waals surface area contributed by atoms with Gasteiger partial charge in [0.05, 0.1) is 5.75 Å². The smallest absolute Gasteiger partial charge is 0.316 e. The van der Waals surface area contributed by atoms with Crippen molar-refractivity contribution in [3.63, 3.8) is 0 Å². The molecular formula is C14H21N3O2S. The molecule has 3 amide bonds. The predicted octanol–water partition coefficient (Wildman–Crippen LogP) is 2.33. The topological polar surface area (TPSA) is 84.2 Å². The fourth-order valence-corrected chi connectivity index (χ4v) is 2.05. The molecule has 0 radical (unpaired) electrons. The van der Waals surface area contributed by atoms with Gasteiger partial charge in [-0.15, -0.1) is 11.8 Å². The van der Waals surface area contributed by atoms with Crippen LogP contribution in [-0.2, 0) is 11.3 Å². The van der Waals surface area contributed by atoms with Crippen LogP contribution in [0.4, 0.5) is 10.5 Å². The van der Waals surface area contributed by atoms with Crippen molar-refractivity contribution in [1.82, 2.24) is 5.32 Å². The standard InChI is InChI=1S/C14H21N3O2S/c1-14(2,3)20-9-12(18)16-8-10-4-6-11(7-5-10)17-13(15)19/h4-7H,8-9H2,1-3H3,(H,16,18)(H3,15,17,19). The molecule has 0 saturated carbocycles. The minimum absolute atomic E-state index is 0.0178. The summed E-state index contributed by atoms with van der Waals surface area (Å²) in [5.41, 5.74) is 6.62. The lowest BCUT2D eigenvalue weighted by Gasteiger charge is -2.17. The van der Waals surface area contributed by atoms with E-state index in [4.69, 9.17) is 5.73 Å². The highest BCUT2D eigenvalue weighted by Crippen LogP contribution is 2.22. The third kappa shape index (κ3) is 7.04. The Kier molecular flexibility index (Phi) is 5.88. The Balaban J connectivity index is 2.38. The number of nitrogens with one attached hydrogen (secondary N) is 2. The maximum atomic E-state index is 11.7. The molecular weight excluding hydrogens is 274 g/mol. The molecule has 6 heteroatoms. The predicted molar refractivity (Wildman–Crippen MR) is 83.7 cm³/mol. The second-order valence-electron chi connectivity index (χ2n) is 5.36. The SMILES string of the molecule is CC(C)(C)SCC(=O)NCc1ccc(NC(N)=O)cc1. The molecule has 0 aliphatic rings. The third-order valence-corrected chi connectivity index (χ3v) is 3.62. The first-order valence-corrected chi connectivity index (χ1v) is 7.31. The van der Waals surface area contributed by atoms with Crippen LogP contribution in [0.2, 0.25) is 0 Å². The lowest BCUT2D eigenvalue weighted by molar-refractivity contribution is -0.118. The highest BCUT2D eigenvalue weighted by molar-refractivity contribution is 8.01.